The molecule has 0 saturated heterocycles. The quantitative estimate of drug-likeness (QED) is 0.859. The minimum atomic E-state index is -1.15. The van der Waals surface area contributed by atoms with E-state index in [1.54, 1.807) is 19.9 Å². The number of benzene rings is 1. The molecule has 0 aromatic heterocycles. The van der Waals surface area contributed by atoms with Crippen LogP contribution in [0.2, 0.25) is 0 Å². The Kier molecular flexibility index (Phi) is 3.29. The van der Waals surface area contributed by atoms with Gasteiger partial charge in [-0.2, -0.15) is 0 Å². The fourth-order valence-corrected chi connectivity index (χ4v) is 1.69. The standard InChI is InChI=1S/C10H12BrFO2/c1-10(2,14)7-3-4-8(11)9(12)6(7)5-13/h3-4,13-14H,5H2,1-2H3. The Labute approximate surface area is 90.5 Å². The van der Waals surface area contributed by atoms with Crippen LogP contribution >= 0.6 is 15.9 Å². The molecular formula is C10H12BrFO2. The summed E-state index contributed by atoms with van der Waals surface area (Å²) >= 11 is 3.02. The molecule has 0 saturated carbocycles. The number of aliphatic hydroxyl groups excluding tert-OH is 1. The van der Waals surface area contributed by atoms with Gasteiger partial charge in [0.1, 0.15) is 5.82 Å². The smallest absolute Gasteiger partial charge is 0.143 e. The Morgan fingerprint density at radius 1 is 1.43 bits per heavy atom. The minimum absolute atomic E-state index is 0.131. The molecule has 14 heavy (non-hydrogen) atoms. The zero-order valence-electron chi connectivity index (χ0n) is 8.01. The maximum atomic E-state index is 13.5. The highest BCUT2D eigenvalue weighted by Crippen LogP contribution is 2.29. The summed E-state index contributed by atoms with van der Waals surface area (Å²) in [7, 11) is 0. The van der Waals surface area contributed by atoms with E-state index in [1.165, 1.54) is 6.07 Å². The van der Waals surface area contributed by atoms with E-state index in [4.69, 9.17) is 5.11 Å². The van der Waals surface area contributed by atoms with Crippen molar-refractivity contribution in [2.24, 2.45) is 0 Å². The second kappa shape index (κ2) is 3.96. The fraction of sp³-hybridized carbons (Fsp3) is 0.400. The van der Waals surface area contributed by atoms with Crippen molar-refractivity contribution in [1.82, 2.24) is 0 Å². The van der Waals surface area contributed by atoms with Gasteiger partial charge in [0, 0.05) is 5.56 Å². The highest BCUT2D eigenvalue weighted by atomic mass is 79.9. The average Bonchev–Trinajstić information content (AvgIpc) is 2.07. The van der Waals surface area contributed by atoms with E-state index in [0.29, 0.717) is 5.56 Å². The second-order valence-electron chi connectivity index (χ2n) is 3.60. The third-order valence-corrected chi connectivity index (χ3v) is 2.63. The zero-order valence-corrected chi connectivity index (χ0v) is 9.60. The van der Waals surface area contributed by atoms with Crippen molar-refractivity contribution in [1.29, 1.82) is 0 Å². The summed E-state index contributed by atoms with van der Waals surface area (Å²) in [6, 6.07) is 3.11. The van der Waals surface area contributed by atoms with Gasteiger partial charge < -0.3 is 10.2 Å². The molecule has 0 bridgehead atoms. The van der Waals surface area contributed by atoms with Crippen LogP contribution in [0.15, 0.2) is 16.6 Å². The monoisotopic (exact) mass is 262 g/mol. The van der Waals surface area contributed by atoms with Gasteiger partial charge in [0.25, 0.3) is 0 Å². The van der Waals surface area contributed by atoms with E-state index in [-0.39, 0.29) is 10.0 Å². The van der Waals surface area contributed by atoms with Gasteiger partial charge in [-0.25, -0.2) is 4.39 Å². The van der Waals surface area contributed by atoms with Gasteiger partial charge in [-0.1, -0.05) is 6.07 Å². The zero-order chi connectivity index (χ0) is 10.9. The molecule has 0 spiro atoms. The fourth-order valence-electron chi connectivity index (χ4n) is 1.32. The third-order valence-electron chi connectivity index (χ3n) is 2.01. The number of rotatable bonds is 2. The van der Waals surface area contributed by atoms with Crippen molar-refractivity contribution in [3.8, 4) is 0 Å². The van der Waals surface area contributed by atoms with Crippen LogP contribution in [0, 0.1) is 5.82 Å². The summed E-state index contributed by atoms with van der Waals surface area (Å²) in [4.78, 5) is 0. The second-order valence-corrected chi connectivity index (χ2v) is 4.46. The van der Waals surface area contributed by atoms with Crippen molar-refractivity contribution >= 4 is 15.9 Å². The van der Waals surface area contributed by atoms with Gasteiger partial charge >= 0.3 is 0 Å². The molecule has 0 aliphatic rings. The molecule has 0 unspecified atom stereocenters. The summed E-state index contributed by atoms with van der Waals surface area (Å²) in [6.07, 6.45) is 0. The van der Waals surface area contributed by atoms with Gasteiger partial charge in [-0.15, -0.1) is 0 Å². The van der Waals surface area contributed by atoms with Crippen LogP contribution in [-0.4, -0.2) is 10.2 Å². The van der Waals surface area contributed by atoms with Crippen LogP contribution in [0.4, 0.5) is 4.39 Å². The van der Waals surface area contributed by atoms with Gasteiger partial charge in [0.05, 0.1) is 16.7 Å². The normalized spacial score (nSPS) is 11.9. The number of hydrogen-bond acceptors (Lipinski definition) is 2. The molecule has 0 amide bonds. The summed E-state index contributed by atoms with van der Waals surface area (Å²) in [6.45, 7) is 2.67. The maximum absolute atomic E-state index is 13.5. The Morgan fingerprint density at radius 3 is 2.43 bits per heavy atom. The lowest BCUT2D eigenvalue weighted by Crippen LogP contribution is -2.19. The predicted molar refractivity (Wildman–Crippen MR) is 55.3 cm³/mol. The van der Waals surface area contributed by atoms with E-state index in [2.05, 4.69) is 15.9 Å². The van der Waals surface area contributed by atoms with Gasteiger partial charge in [0.15, 0.2) is 0 Å². The molecule has 1 aromatic rings. The number of hydrogen-bond donors (Lipinski definition) is 2. The lowest BCUT2D eigenvalue weighted by atomic mass is 9.93. The van der Waals surface area contributed by atoms with Gasteiger partial charge in [-0.3, -0.25) is 0 Å². The van der Waals surface area contributed by atoms with Gasteiger partial charge in [0.2, 0.25) is 0 Å². The molecule has 2 nitrogen and oxygen atoms in total. The van der Waals surface area contributed by atoms with E-state index < -0.39 is 18.0 Å². The Bertz CT molecular complexity index is 345. The lowest BCUT2D eigenvalue weighted by Gasteiger charge is -2.21. The SMILES string of the molecule is CC(C)(O)c1ccc(Br)c(F)c1CO. The third kappa shape index (κ3) is 2.13. The van der Waals surface area contributed by atoms with Crippen molar-refractivity contribution < 1.29 is 14.6 Å². The molecule has 1 rings (SSSR count). The molecule has 2 N–H and O–H groups in total. The minimum Gasteiger partial charge on any atom is -0.392 e. The topological polar surface area (TPSA) is 40.5 Å². The Hall–Kier alpha value is -0.450. The van der Waals surface area contributed by atoms with Crippen LogP contribution < -0.4 is 0 Å². The first kappa shape index (κ1) is 11.6. The predicted octanol–water partition coefficient (Wildman–Crippen LogP) is 2.31. The molecule has 0 aliphatic carbocycles. The van der Waals surface area contributed by atoms with Crippen molar-refractivity contribution in [2.75, 3.05) is 0 Å². The summed E-state index contributed by atoms with van der Waals surface area (Å²) < 4.78 is 13.8. The van der Waals surface area contributed by atoms with Gasteiger partial charge in [-0.05, 0) is 41.4 Å². The highest BCUT2D eigenvalue weighted by molar-refractivity contribution is 9.10. The van der Waals surface area contributed by atoms with Crippen molar-refractivity contribution in [2.45, 2.75) is 26.1 Å². The highest BCUT2D eigenvalue weighted by Gasteiger charge is 2.22. The summed E-state index contributed by atoms with van der Waals surface area (Å²) in [5.41, 5.74) is -0.618. The number of halogens is 2. The molecule has 0 aliphatic heterocycles. The van der Waals surface area contributed by atoms with Crippen LogP contribution in [0.25, 0.3) is 0 Å². The summed E-state index contributed by atoms with van der Waals surface area (Å²) in [5.74, 6) is -0.521. The first-order chi connectivity index (χ1) is 6.38. The molecular weight excluding hydrogens is 251 g/mol. The van der Waals surface area contributed by atoms with E-state index in [0.717, 1.165) is 0 Å². The molecule has 0 radical (unpaired) electrons. The van der Waals surface area contributed by atoms with E-state index >= 15 is 0 Å². The molecule has 4 heteroatoms. The van der Waals surface area contributed by atoms with Crippen LogP contribution in [0.1, 0.15) is 25.0 Å². The first-order valence-corrected chi connectivity index (χ1v) is 4.98. The maximum Gasteiger partial charge on any atom is 0.143 e. The van der Waals surface area contributed by atoms with E-state index in [9.17, 15) is 9.50 Å². The van der Waals surface area contributed by atoms with Crippen molar-refractivity contribution in [3.63, 3.8) is 0 Å². The lowest BCUT2D eigenvalue weighted by molar-refractivity contribution is 0.0753. The Balaban J connectivity index is 3.39. The van der Waals surface area contributed by atoms with Crippen LogP contribution in [0.3, 0.4) is 0 Å². The van der Waals surface area contributed by atoms with E-state index in [1.807, 2.05) is 0 Å². The molecule has 0 fully saturated rings. The van der Waals surface area contributed by atoms with Crippen LogP contribution in [-0.2, 0) is 12.2 Å². The first-order valence-electron chi connectivity index (χ1n) is 4.18. The van der Waals surface area contributed by atoms with Crippen LogP contribution in [0.5, 0.6) is 0 Å². The largest absolute Gasteiger partial charge is 0.392 e. The Morgan fingerprint density at radius 2 is 2.00 bits per heavy atom. The average molecular weight is 263 g/mol. The number of aliphatic hydroxyl groups is 2. The molecule has 0 heterocycles. The molecule has 1 aromatic carbocycles. The van der Waals surface area contributed by atoms with Crippen molar-refractivity contribution in [3.05, 3.63) is 33.5 Å². The molecule has 0 atom stereocenters. The molecule has 78 valence electrons. The summed E-state index contributed by atoms with van der Waals surface area (Å²) in [5, 5.41) is 18.7.